The van der Waals surface area contributed by atoms with Crippen molar-refractivity contribution in [3.8, 4) is 17.0 Å². The molecule has 0 amide bonds. The number of alkyl halides is 2. The van der Waals surface area contributed by atoms with E-state index in [-0.39, 0.29) is 17.7 Å². The number of rotatable bonds is 5. The van der Waals surface area contributed by atoms with E-state index in [2.05, 4.69) is 24.5 Å². The molecule has 0 unspecified atom stereocenters. The van der Waals surface area contributed by atoms with Gasteiger partial charge in [-0.25, -0.2) is 9.97 Å². The Kier molecular flexibility index (Phi) is 4.15. The third-order valence-corrected chi connectivity index (χ3v) is 5.43. The first-order chi connectivity index (χ1) is 13.6. The minimum Gasteiger partial charge on any atom is -0.431 e. The van der Waals surface area contributed by atoms with Crippen LogP contribution >= 0.6 is 0 Å². The SMILES string of the molecule is Nc1ncc(-c2cc(N3C[C@H]4C[C@@H]3CO4)nc(N3CCC3)n2)cc1OC(F)F. The van der Waals surface area contributed by atoms with Gasteiger partial charge in [0.05, 0.1) is 24.4 Å². The normalized spacial score (nSPS) is 23.4. The fourth-order valence-corrected chi connectivity index (χ4v) is 3.84. The first-order valence-electron chi connectivity index (χ1n) is 9.30. The fraction of sp³-hybridized carbons (Fsp3) is 0.500. The van der Waals surface area contributed by atoms with Gasteiger partial charge in [-0.05, 0) is 18.9 Å². The Bertz CT molecular complexity index is 894. The van der Waals surface area contributed by atoms with Crippen LogP contribution in [0, 0.1) is 0 Å². The van der Waals surface area contributed by atoms with Gasteiger partial charge in [-0.2, -0.15) is 13.8 Å². The molecule has 8 nitrogen and oxygen atoms in total. The fourth-order valence-electron chi connectivity index (χ4n) is 3.84. The van der Waals surface area contributed by atoms with Crippen molar-refractivity contribution < 1.29 is 18.3 Å². The van der Waals surface area contributed by atoms with Gasteiger partial charge in [-0.15, -0.1) is 0 Å². The van der Waals surface area contributed by atoms with E-state index in [0.717, 1.165) is 38.3 Å². The Labute approximate surface area is 160 Å². The molecule has 3 fully saturated rings. The number of hydrogen-bond acceptors (Lipinski definition) is 8. The summed E-state index contributed by atoms with van der Waals surface area (Å²) in [5.74, 6) is 1.20. The summed E-state index contributed by atoms with van der Waals surface area (Å²) < 4.78 is 35.5. The molecule has 0 saturated carbocycles. The second kappa shape index (κ2) is 6.69. The monoisotopic (exact) mass is 390 g/mol. The van der Waals surface area contributed by atoms with Gasteiger partial charge in [-0.3, -0.25) is 0 Å². The molecule has 2 atom stereocenters. The van der Waals surface area contributed by atoms with E-state index in [9.17, 15) is 8.78 Å². The van der Waals surface area contributed by atoms with Crippen LogP contribution in [-0.2, 0) is 4.74 Å². The standard InChI is InChI=1S/C18H20F2N6O2/c19-17(20)28-14-4-10(7-22-16(14)21)13-6-15(24-18(23-13)25-2-1-3-25)26-8-12-5-11(26)9-27-12/h4,6-7,11-12,17H,1-3,5,8-9H2,(H2,21,22)/t11-,12-/m1/s1. The van der Waals surface area contributed by atoms with Crippen molar-refractivity contribution in [1.82, 2.24) is 15.0 Å². The second-order valence-corrected chi connectivity index (χ2v) is 7.24. The van der Waals surface area contributed by atoms with Gasteiger partial charge in [-0.1, -0.05) is 0 Å². The van der Waals surface area contributed by atoms with Crippen molar-refractivity contribution in [3.63, 3.8) is 0 Å². The lowest BCUT2D eigenvalue weighted by molar-refractivity contribution is -0.0494. The first-order valence-corrected chi connectivity index (χ1v) is 9.30. The van der Waals surface area contributed by atoms with E-state index in [1.165, 1.54) is 12.3 Å². The van der Waals surface area contributed by atoms with Crippen molar-refractivity contribution in [3.05, 3.63) is 18.3 Å². The molecular formula is C18H20F2N6O2. The lowest BCUT2D eigenvalue weighted by Crippen LogP contribution is -2.40. The van der Waals surface area contributed by atoms with Crippen LogP contribution in [-0.4, -0.2) is 60.0 Å². The van der Waals surface area contributed by atoms with E-state index >= 15 is 0 Å². The Morgan fingerprint density at radius 1 is 1.25 bits per heavy atom. The Balaban J connectivity index is 1.54. The summed E-state index contributed by atoms with van der Waals surface area (Å²) in [5.41, 5.74) is 6.81. The van der Waals surface area contributed by atoms with Crippen LogP contribution in [0.15, 0.2) is 18.3 Å². The minimum atomic E-state index is -2.97. The van der Waals surface area contributed by atoms with Crippen LogP contribution in [0.5, 0.6) is 5.75 Å². The summed E-state index contributed by atoms with van der Waals surface area (Å²) in [5, 5.41) is 0. The van der Waals surface area contributed by atoms with Crippen LogP contribution in [0.25, 0.3) is 11.3 Å². The molecule has 10 heteroatoms. The summed E-state index contributed by atoms with van der Waals surface area (Å²) in [4.78, 5) is 17.7. The van der Waals surface area contributed by atoms with Gasteiger partial charge in [0.1, 0.15) is 5.82 Å². The summed E-state index contributed by atoms with van der Waals surface area (Å²) in [7, 11) is 0. The molecule has 3 aliphatic rings. The molecule has 2 aromatic rings. The van der Waals surface area contributed by atoms with Gasteiger partial charge in [0.25, 0.3) is 0 Å². The zero-order chi connectivity index (χ0) is 19.3. The molecule has 0 spiro atoms. The van der Waals surface area contributed by atoms with Crippen LogP contribution in [0.1, 0.15) is 12.8 Å². The third kappa shape index (κ3) is 3.07. The second-order valence-electron chi connectivity index (χ2n) is 7.24. The average Bonchev–Trinajstić information content (AvgIpc) is 3.25. The summed E-state index contributed by atoms with van der Waals surface area (Å²) in [6, 6.07) is 3.61. The van der Waals surface area contributed by atoms with Crippen molar-refractivity contribution in [2.24, 2.45) is 0 Å². The highest BCUT2D eigenvalue weighted by atomic mass is 19.3. The maximum atomic E-state index is 12.7. The number of nitrogens with two attached hydrogens (primary N) is 1. The van der Waals surface area contributed by atoms with E-state index in [1.54, 1.807) is 0 Å². The highest BCUT2D eigenvalue weighted by Gasteiger charge is 2.40. The number of nitrogen functional groups attached to an aromatic ring is 1. The number of pyridine rings is 1. The number of fused-ring (bicyclic) bond motifs is 2. The smallest absolute Gasteiger partial charge is 0.387 e. The van der Waals surface area contributed by atoms with E-state index in [1.807, 2.05) is 6.07 Å². The molecule has 28 heavy (non-hydrogen) atoms. The number of ether oxygens (including phenoxy) is 2. The minimum absolute atomic E-state index is 0.0877. The van der Waals surface area contributed by atoms with Crippen molar-refractivity contribution in [2.45, 2.75) is 31.6 Å². The van der Waals surface area contributed by atoms with E-state index in [0.29, 0.717) is 29.9 Å². The third-order valence-electron chi connectivity index (χ3n) is 5.43. The number of hydrogen-bond donors (Lipinski definition) is 1. The number of halogens is 2. The highest BCUT2D eigenvalue weighted by molar-refractivity contribution is 5.68. The van der Waals surface area contributed by atoms with Crippen molar-refractivity contribution >= 4 is 17.6 Å². The zero-order valence-electron chi connectivity index (χ0n) is 15.1. The van der Waals surface area contributed by atoms with E-state index in [4.69, 9.17) is 15.5 Å². The van der Waals surface area contributed by atoms with Crippen molar-refractivity contribution in [1.29, 1.82) is 0 Å². The topological polar surface area (TPSA) is 89.6 Å². The summed E-state index contributed by atoms with van der Waals surface area (Å²) in [6.45, 7) is 0.312. The van der Waals surface area contributed by atoms with Gasteiger partial charge in [0, 0.05) is 37.5 Å². The predicted octanol–water partition coefficient (Wildman–Crippen LogP) is 1.91. The quantitative estimate of drug-likeness (QED) is 0.828. The molecule has 2 aromatic heterocycles. The lowest BCUT2D eigenvalue weighted by atomic mass is 10.1. The molecular weight excluding hydrogens is 370 g/mol. The molecule has 3 aliphatic heterocycles. The zero-order valence-corrected chi connectivity index (χ0v) is 15.1. The molecule has 0 radical (unpaired) electrons. The average molecular weight is 390 g/mol. The highest BCUT2D eigenvalue weighted by Crippen LogP contribution is 2.35. The molecule has 5 heterocycles. The summed E-state index contributed by atoms with van der Waals surface area (Å²) in [6.07, 6.45) is 3.84. The first kappa shape index (κ1) is 17.4. The van der Waals surface area contributed by atoms with E-state index < -0.39 is 6.61 Å². The molecule has 0 aromatic carbocycles. The molecule has 148 valence electrons. The summed E-state index contributed by atoms with van der Waals surface area (Å²) >= 11 is 0. The molecule has 0 aliphatic carbocycles. The Morgan fingerprint density at radius 3 is 2.75 bits per heavy atom. The van der Waals surface area contributed by atoms with Gasteiger partial charge < -0.3 is 25.0 Å². The predicted molar refractivity (Wildman–Crippen MR) is 98.6 cm³/mol. The number of morpholine rings is 1. The largest absolute Gasteiger partial charge is 0.431 e. The van der Waals surface area contributed by atoms with Crippen LogP contribution in [0.4, 0.5) is 26.4 Å². The number of aromatic nitrogens is 3. The van der Waals surface area contributed by atoms with Gasteiger partial charge in [0.2, 0.25) is 5.95 Å². The molecule has 2 N–H and O–H groups in total. The maximum Gasteiger partial charge on any atom is 0.387 e. The van der Waals surface area contributed by atoms with Crippen LogP contribution in [0.2, 0.25) is 0 Å². The maximum absolute atomic E-state index is 12.7. The Hall–Kier alpha value is -2.75. The van der Waals surface area contributed by atoms with Gasteiger partial charge in [0.15, 0.2) is 11.6 Å². The number of anilines is 3. The van der Waals surface area contributed by atoms with Crippen molar-refractivity contribution in [2.75, 3.05) is 41.8 Å². The molecule has 5 rings (SSSR count). The van der Waals surface area contributed by atoms with Gasteiger partial charge >= 0.3 is 6.61 Å². The number of nitrogens with zero attached hydrogens (tertiary/aromatic N) is 5. The lowest BCUT2D eigenvalue weighted by Gasteiger charge is -2.33. The van der Waals surface area contributed by atoms with Crippen LogP contribution < -0.4 is 20.3 Å². The molecule has 2 bridgehead atoms. The Morgan fingerprint density at radius 2 is 2.11 bits per heavy atom. The van der Waals surface area contributed by atoms with Crippen LogP contribution in [0.3, 0.4) is 0 Å². The molecule has 3 saturated heterocycles.